The zero-order valence-corrected chi connectivity index (χ0v) is 21.0. The minimum absolute atomic E-state index is 0.112. The van der Waals surface area contributed by atoms with Crippen molar-refractivity contribution >= 4 is 34.2 Å². The fraction of sp³-hybridized carbons (Fsp3) is 0.367. The highest BCUT2D eigenvalue weighted by Gasteiger charge is 2.34. The van der Waals surface area contributed by atoms with Gasteiger partial charge in [-0.2, -0.15) is 0 Å². The maximum atomic E-state index is 13.8. The van der Waals surface area contributed by atoms with Gasteiger partial charge in [-0.25, -0.2) is 0 Å². The summed E-state index contributed by atoms with van der Waals surface area (Å²) in [5, 5.41) is 5.03. The zero-order valence-electron chi connectivity index (χ0n) is 21.0. The van der Waals surface area contributed by atoms with E-state index < -0.39 is 6.04 Å². The Kier molecular flexibility index (Phi) is 6.77. The second-order valence-corrected chi connectivity index (χ2v) is 10.1. The average molecular weight is 484 g/mol. The van der Waals surface area contributed by atoms with Crippen LogP contribution in [0.4, 0.5) is 5.69 Å². The molecule has 0 spiro atoms. The number of amides is 3. The van der Waals surface area contributed by atoms with Crippen molar-refractivity contribution in [2.75, 3.05) is 11.4 Å². The fourth-order valence-electron chi connectivity index (χ4n) is 5.40. The molecular formula is C30H33N3O3. The first kappa shape index (κ1) is 24.0. The lowest BCUT2D eigenvalue weighted by molar-refractivity contribution is -0.139. The first-order chi connectivity index (χ1) is 17.4. The number of carbonyl (C=O) groups excluding carboxylic acids is 3. The standard InChI is InChI=1S/C30H33N3O3/c1-20-14-16-22(17-15-20)18-32(21(2)29(35)31-24-10-4-3-5-11-24)27(34)19-33-26-13-7-9-23-8-6-12-25(28(23)26)30(33)36/h6-9,12-17,21,24H,3-5,10-11,18-19H2,1-2H3,(H,31,35). The van der Waals surface area contributed by atoms with Crippen LogP contribution in [0, 0.1) is 6.92 Å². The SMILES string of the molecule is Cc1ccc(CN(C(=O)CN2C(=O)c3cccc4cccc2c34)C(C)C(=O)NC2CCCCC2)cc1. The van der Waals surface area contributed by atoms with Gasteiger partial charge in [0.2, 0.25) is 11.8 Å². The molecule has 2 aliphatic rings. The average Bonchev–Trinajstić information content (AvgIpc) is 3.16. The molecule has 5 rings (SSSR count). The topological polar surface area (TPSA) is 69.7 Å². The third kappa shape index (κ3) is 4.72. The molecule has 0 bridgehead atoms. The highest BCUT2D eigenvalue weighted by molar-refractivity contribution is 6.26. The third-order valence-electron chi connectivity index (χ3n) is 7.53. The van der Waals surface area contributed by atoms with Crippen molar-refractivity contribution < 1.29 is 14.4 Å². The van der Waals surface area contributed by atoms with Gasteiger partial charge in [-0.15, -0.1) is 0 Å². The van der Waals surface area contributed by atoms with Crippen molar-refractivity contribution in [2.24, 2.45) is 0 Å². The Balaban J connectivity index is 1.39. The zero-order chi connectivity index (χ0) is 25.2. The minimum Gasteiger partial charge on any atom is -0.352 e. The molecule has 3 aromatic carbocycles. The Bertz CT molecular complexity index is 1290. The summed E-state index contributed by atoms with van der Waals surface area (Å²) in [5.41, 5.74) is 3.44. The van der Waals surface area contributed by atoms with Gasteiger partial charge in [-0.3, -0.25) is 19.3 Å². The lowest BCUT2D eigenvalue weighted by Gasteiger charge is -2.32. The van der Waals surface area contributed by atoms with E-state index >= 15 is 0 Å². The molecule has 0 saturated heterocycles. The van der Waals surface area contributed by atoms with Gasteiger partial charge >= 0.3 is 0 Å². The third-order valence-corrected chi connectivity index (χ3v) is 7.53. The van der Waals surface area contributed by atoms with Gasteiger partial charge in [0.1, 0.15) is 12.6 Å². The number of hydrogen-bond donors (Lipinski definition) is 1. The van der Waals surface area contributed by atoms with Gasteiger partial charge in [0.05, 0.1) is 5.69 Å². The number of anilines is 1. The summed E-state index contributed by atoms with van der Waals surface area (Å²) in [6.45, 7) is 3.99. The van der Waals surface area contributed by atoms with E-state index in [2.05, 4.69) is 5.32 Å². The molecule has 0 aromatic heterocycles. The summed E-state index contributed by atoms with van der Waals surface area (Å²) in [6, 6.07) is 18.9. The van der Waals surface area contributed by atoms with Crippen molar-refractivity contribution in [1.29, 1.82) is 0 Å². The lowest BCUT2D eigenvalue weighted by atomic mass is 9.95. The molecule has 1 N–H and O–H groups in total. The van der Waals surface area contributed by atoms with Crippen LogP contribution in [0.2, 0.25) is 0 Å². The normalized spacial score (nSPS) is 16.3. The molecule has 186 valence electrons. The lowest BCUT2D eigenvalue weighted by Crippen LogP contribution is -2.52. The summed E-state index contributed by atoms with van der Waals surface area (Å²) >= 11 is 0. The number of hydrogen-bond acceptors (Lipinski definition) is 3. The highest BCUT2D eigenvalue weighted by atomic mass is 16.2. The van der Waals surface area contributed by atoms with Crippen LogP contribution < -0.4 is 10.2 Å². The Hall–Kier alpha value is -3.67. The first-order valence-corrected chi connectivity index (χ1v) is 12.9. The highest BCUT2D eigenvalue weighted by Crippen LogP contribution is 2.37. The number of nitrogens with zero attached hydrogens (tertiary/aromatic N) is 2. The molecule has 1 aliphatic carbocycles. The number of nitrogens with one attached hydrogen (secondary N) is 1. The minimum atomic E-state index is -0.656. The van der Waals surface area contributed by atoms with Gasteiger partial charge in [-0.05, 0) is 49.8 Å². The molecular weight excluding hydrogens is 450 g/mol. The van der Waals surface area contributed by atoms with Crippen molar-refractivity contribution in [3.8, 4) is 0 Å². The summed E-state index contributed by atoms with van der Waals surface area (Å²) < 4.78 is 0. The first-order valence-electron chi connectivity index (χ1n) is 12.9. The van der Waals surface area contributed by atoms with Gasteiger partial charge in [-0.1, -0.05) is 73.4 Å². The van der Waals surface area contributed by atoms with Crippen LogP contribution in [-0.2, 0) is 16.1 Å². The molecule has 1 aliphatic heterocycles. The fourth-order valence-corrected chi connectivity index (χ4v) is 5.40. The van der Waals surface area contributed by atoms with Crippen LogP contribution in [0.1, 0.15) is 60.5 Å². The van der Waals surface area contributed by atoms with Crippen molar-refractivity contribution in [3.63, 3.8) is 0 Å². The molecule has 1 saturated carbocycles. The van der Waals surface area contributed by atoms with Crippen LogP contribution in [0.25, 0.3) is 10.8 Å². The Morgan fingerprint density at radius 2 is 1.69 bits per heavy atom. The number of aryl methyl sites for hydroxylation is 1. The summed E-state index contributed by atoms with van der Waals surface area (Å²) in [5.74, 6) is -0.565. The van der Waals surface area contributed by atoms with E-state index in [-0.39, 0.29) is 30.3 Å². The number of rotatable bonds is 7. The van der Waals surface area contributed by atoms with E-state index in [1.54, 1.807) is 16.7 Å². The predicted octanol–water partition coefficient (Wildman–Crippen LogP) is 4.97. The van der Waals surface area contributed by atoms with E-state index in [0.717, 1.165) is 53.3 Å². The Morgan fingerprint density at radius 1 is 1.00 bits per heavy atom. The number of benzene rings is 3. The molecule has 6 nitrogen and oxygen atoms in total. The second-order valence-electron chi connectivity index (χ2n) is 10.1. The Morgan fingerprint density at radius 3 is 2.42 bits per heavy atom. The van der Waals surface area contributed by atoms with Crippen molar-refractivity contribution in [2.45, 2.75) is 64.6 Å². The van der Waals surface area contributed by atoms with Crippen LogP contribution in [-0.4, -0.2) is 41.2 Å². The smallest absolute Gasteiger partial charge is 0.259 e. The van der Waals surface area contributed by atoms with Crippen molar-refractivity contribution in [1.82, 2.24) is 10.2 Å². The summed E-state index contributed by atoms with van der Waals surface area (Å²) in [4.78, 5) is 43.5. The maximum Gasteiger partial charge on any atom is 0.259 e. The van der Waals surface area contributed by atoms with Crippen molar-refractivity contribution in [3.05, 3.63) is 77.4 Å². The Labute approximate surface area is 212 Å². The molecule has 1 heterocycles. The van der Waals surface area contributed by atoms with E-state index in [1.165, 1.54) is 6.42 Å². The van der Waals surface area contributed by atoms with Crippen LogP contribution in [0.5, 0.6) is 0 Å². The molecule has 3 aromatic rings. The van der Waals surface area contributed by atoms with Crippen LogP contribution in [0.3, 0.4) is 0 Å². The van der Waals surface area contributed by atoms with E-state index in [1.807, 2.05) is 67.6 Å². The van der Waals surface area contributed by atoms with Gasteiger partial charge < -0.3 is 10.2 Å². The van der Waals surface area contributed by atoms with Gasteiger partial charge in [0.15, 0.2) is 0 Å². The molecule has 6 heteroatoms. The molecule has 1 atom stereocenters. The maximum absolute atomic E-state index is 13.8. The van der Waals surface area contributed by atoms with Crippen LogP contribution >= 0.6 is 0 Å². The molecule has 1 unspecified atom stereocenters. The second kappa shape index (κ2) is 10.1. The summed E-state index contributed by atoms with van der Waals surface area (Å²) in [6.07, 6.45) is 5.41. The van der Waals surface area contributed by atoms with E-state index in [9.17, 15) is 14.4 Å². The van der Waals surface area contributed by atoms with Gasteiger partial charge in [0, 0.05) is 23.5 Å². The van der Waals surface area contributed by atoms with Gasteiger partial charge in [0.25, 0.3) is 5.91 Å². The molecule has 1 fully saturated rings. The predicted molar refractivity (Wildman–Crippen MR) is 142 cm³/mol. The largest absolute Gasteiger partial charge is 0.352 e. The monoisotopic (exact) mass is 483 g/mol. The number of carbonyl (C=O) groups is 3. The van der Waals surface area contributed by atoms with E-state index in [4.69, 9.17) is 0 Å². The summed E-state index contributed by atoms with van der Waals surface area (Å²) in [7, 11) is 0. The molecule has 3 amide bonds. The van der Waals surface area contributed by atoms with E-state index in [0.29, 0.717) is 12.1 Å². The van der Waals surface area contributed by atoms with Crippen LogP contribution in [0.15, 0.2) is 60.7 Å². The quantitative estimate of drug-likeness (QED) is 0.516. The molecule has 0 radical (unpaired) electrons. The molecule has 36 heavy (non-hydrogen) atoms.